The van der Waals surface area contributed by atoms with E-state index in [9.17, 15) is 4.79 Å². The maximum atomic E-state index is 12.3. The van der Waals surface area contributed by atoms with E-state index in [4.69, 9.17) is 0 Å². The molecule has 3 aromatic rings. The zero-order valence-corrected chi connectivity index (χ0v) is 15.6. The minimum absolute atomic E-state index is 0.0989. The van der Waals surface area contributed by atoms with Gasteiger partial charge in [0, 0.05) is 43.7 Å². The van der Waals surface area contributed by atoms with Crippen LogP contribution in [0, 0.1) is 0 Å². The maximum Gasteiger partial charge on any atom is 0.275 e. The summed E-state index contributed by atoms with van der Waals surface area (Å²) in [5.41, 5.74) is 0.721. The van der Waals surface area contributed by atoms with Crippen LogP contribution in [0.25, 0.3) is 4.96 Å². The van der Waals surface area contributed by atoms with Crippen LogP contribution in [0.15, 0.2) is 10.9 Å². The van der Waals surface area contributed by atoms with E-state index in [1.165, 1.54) is 22.3 Å². The van der Waals surface area contributed by atoms with Gasteiger partial charge >= 0.3 is 0 Å². The number of nitrogens with zero attached hydrogens (tertiary/aromatic N) is 7. The smallest absolute Gasteiger partial charge is 0.275 e. The van der Waals surface area contributed by atoms with E-state index in [0.29, 0.717) is 10.9 Å². The van der Waals surface area contributed by atoms with Crippen LogP contribution in [-0.4, -0.2) is 42.5 Å². The molecule has 8 nitrogen and oxygen atoms in total. The van der Waals surface area contributed by atoms with E-state index in [2.05, 4.69) is 29.7 Å². The van der Waals surface area contributed by atoms with Crippen molar-refractivity contribution in [2.24, 2.45) is 0 Å². The number of hydrogen-bond acceptors (Lipinski definition) is 7. The maximum absolute atomic E-state index is 12.3. The Kier molecular flexibility index (Phi) is 3.77. The lowest BCUT2D eigenvalue weighted by atomic mass is 9.97. The number of aromatic nitrogens is 6. The van der Waals surface area contributed by atoms with Gasteiger partial charge in [0.25, 0.3) is 5.56 Å². The minimum atomic E-state index is -0.0989. The molecule has 1 saturated heterocycles. The largest absolute Gasteiger partial charge is 0.346 e. The third-order valence-electron chi connectivity index (χ3n) is 5.34. The second kappa shape index (κ2) is 6.15. The quantitative estimate of drug-likeness (QED) is 0.696. The summed E-state index contributed by atoms with van der Waals surface area (Å²) in [6.45, 7) is 4.86. The molecule has 1 atom stereocenters. The van der Waals surface area contributed by atoms with Gasteiger partial charge in [0.05, 0.1) is 0 Å². The molecule has 5 rings (SSSR count). The molecule has 2 aliphatic rings. The van der Waals surface area contributed by atoms with Crippen molar-refractivity contribution in [3.8, 4) is 0 Å². The highest BCUT2D eigenvalue weighted by Gasteiger charge is 2.29. The highest BCUT2D eigenvalue weighted by molar-refractivity contribution is 7.20. The van der Waals surface area contributed by atoms with Gasteiger partial charge in [-0.05, 0) is 25.7 Å². The van der Waals surface area contributed by atoms with Crippen molar-refractivity contribution in [2.75, 3.05) is 18.0 Å². The van der Waals surface area contributed by atoms with Crippen molar-refractivity contribution in [1.82, 2.24) is 29.4 Å². The van der Waals surface area contributed by atoms with Crippen LogP contribution in [0.4, 0.5) is 5.13 Å². The Labute approximate surface area is 154 Å². The normalized spacial score (nSPS) is 20.0. The number of piperidine rings is 1. The van der Waals surface area contributed by atoms with Gasteiger partial charge in [-0.3, -0.25) is 4.79 Å². The van der Waals surface area contributed by atoms with Crippen LogP contribution in [0.5, 0.6) is 0 Å². The molecule has 9 heteroatoms. The summed E-state index contributed by atoms with van der Waals surface area (Å²) >= 11 is 1.50. The zero-order chi connectivity index (χ0) is 17.7. The van der Waals surface area contributed by atoms with E-state index < -0.39 is 0 Å². The summed E-state index contributed by atoms with van der Waals surface area (Å²) in [5.74, 6) is 2.61. The third kappa shape index (κ3) is 2.53. The molecule has 0 amide bonds. The van der Waals surface area contributed by atoms with Crippen molar-refractivity contribution in [3.63, 3.8) is 0 Å². The molecule has 3 aromatic heterocycles. The SMILES string of the molecule is CCc1cc(=O)n2nc(N3CCCC(c4nnc5n4CCC5)C3)sc2n1. The van der Waals surface area contributed by atoms with Crippen molar-refractivity contribution >= 4 is 21.4 Å². The lowest BCUT2D eigenvalue weighted by Gasteiger charge is -2.31. The Morgan fingerprint density at radius 3 is 3.08 bits per heavy atom. The Balaban J connectivity index is 1.45. The first-order valence-electron chi connectivity index (χ1n) is 9.29. The molecule has 2 aliphatic heterocycles. The highest BCUT2D eigenvalue weighted by atomic mass is 32.1. The van der Waals surface area contributed by atoms with Gasteiger partial charge in [0.15, 0.2) is 0 Å². The van der Waals surface area contributed by atoms with Gasteiger partial charge in [-0.1, -0.05) is 18.3 Å². The average molecular weight is 371 g/mol. The van der Waals surface area contributed by atoms with Gasteiger partial charge in [0.2, 0.25) is 10.1 Å². The first-order valence-corrected chi connectivity index (χ1v) is 10.1. The minimum Gasteiger partial charge on any atom is -0.346 e. The standard InChI is InChI=1S/C17H21N7OS/c1-2-12-9-14(25)24-16(18-12)26-17(21-24)22-7-3-5-11(10-22)15-20-19-13-6-4-8-23(13)15/h9,11H,2-8,10H2,1H3. The van der Waals surface area contributed by atoms with Gasteiger partial charge in [-0.15, -0.1) is 15.3 Å². The van der Waals surface area contributed by atoms with Gasteiger partial charge in [0.1, 0.15) is 11.6 Å². The predicted molar refractivity (Wildman–Crippen MR) is 99.0 cm³/mol. The first kappa shape index (κ1) is 15.9. The lowest BCUT2D eigenvalue weighted by molar-refractivity contribution is 0.471. The van der Waals surface area contributed by atoms with E-state index in [1.807, 2.05) is 6.92 Å². The molecule has 0 N–H and O–H groups in total. The second-order valence-electron chi connectivity index (χ2n) is 7.03. The molecule has 0 aromatic carbocycles. The number of hydrogen-bond donors (Lipinski definition) is 0. The average Bonchev–Trinajstić information content (AvgIpc) is 3.36. The zero-order valence-electron chi connectivity index (χ0n) is 14.8. The molecule has 0 aliphatic carbocycles. The Hall–Kier alpha value is -2.29. The fourth-order valence-corrected chi connectivity index (χ4v) is 4.95. The van der Waals surface area contributed by atoms with Crippen LogP contribution in [0.2, 0.25) is 0 Å². The van der Waals surface area contributed by atoms with Crippen LogP contribution in [-0.2, 0) is 19.4 Å². The summed E-state index contributed by atoms with van der Waals surface area (Å²) in [7, 11) is 0. The summed E-state index contributed by atoms with van der Waals surface area (Å²) in [5, 5.41) is 14.2. The molecule has 136 valence electrons. The topological polar surface area (TPSA) is 81.2 Å². The number of rotatable bonds is 3. The van der Waals surface area contributed by atoms with Crippen molar-refractivity contribution in [1.29, 1.82) is 0 Å². The highest BCUT2D eigenvalue weighted by Crippen LogP contribution is 2.32. The molecule has 0 radical (unpaired) electrons. The number of aryl methyl sites for hydroxylation is 2. The van der Waals surface area contributed by atoms with Crippen molar-refractivity contribution in [3.05, 3.63) is 33.8 Å². The molecular weight excluding hydrogens is 350 g/mol. The monoisotopic (exact) mass is 371 g/mol. The van der Waals surface area contributed by atoms with Crippen LogP contribution >= 0.6 is 11.3 Å². The summed E-state index contributed by atoms with van der Waals surface area (Å²) in [4.78, 5) is 19.8. The molecule has 0 spiro atoms. The molecule has 5 heterocycles. The Morgan fingerprint density at radius 2 is 2.19 bits per heavy atom. The molecular formula is C17H21N7OS. The molecule has 0 saturated carbocycles. The number of anilines is 1. The first-order chi connectivity index (χ1) is 12.7. The van der Waals surface area contributed by atoms with Crippen molar-refractivity contribution < 1.29 is 0 Å². The molecule has 1 unspecified atom stereocenters. The van der Waals surface area contributed by atoms with Crippen LogP contribution in [0.1, 0.15) is 49.4 Å². The molecule has 0 bridgehead atoms. The lowest BCUT2D eigenvalue weighted by Crippen LogP contribution is -2.35. The van der Waals surface area contributed by atoms with E-state index >= 15 is 0 Å². The van der Waals surface area contributed by atoms with Crippen molar-refractivity contribution in [2.45, 2.75) is 51.5 Å². The summed E-state index contributed by atoms with van der Waals surface area (Å²) in [6, 6.07) is 1.58. The molecule has 1 fully saturated rings. The predicted octanol–water partition coefficient (Wildman–Crippen LogP) is 1.64. The van der Waals surface area contributed by atoms with Gasteiger partial charge < -0.3 is 9.47 Å². The summed E-state index contributed by atoms with van der Waals surface area (Å²) in [6.07, 6.45) is 5.17. The van der Waals surface area contributed by atoms with E-state index in [-0.39, 0.29) is 5.56 Å². The van der Waals surface area contributed by atoms with Gasteiger partial charge in [-0.2, -0.15) is 4.52 Å². The fourth-order valence-electron chi connectivity index (χ4n) is 3.99. The fraction of sp³-hybridized carbons (Fsp3) is 0.588. The van der Waals surface area contributed by atoms with Crippen LogP contribution < -0.4 is 10.5 Å². The Morgan fingerprint density at radius 1 is 1.27 bits per heavy atom. The second-order valence-corrected chi connectivity index (χ2v) is 7.97. The Bertz CT molecular complexity index is 1020. The third-order valence-corrected chi connectivity index (χ3v) is 6.31. The van der Waals surface area contributed by atoms with E-state index in [0.717, 1.165) is 67.8 Å². The van der Waals surface area contributed by atoms with E-state index in [1.54, 1.807) is 6.07 Å². The van der Waals surface area contributed by atoms with Gasteiger partial charge in [-0.25, -0.2) is 4.98 Å². The number of fused-ring (bicyclic) bond motifs is 2. The molecule has 26 heavy (non-hydrogen) atoms. The summed E-state index contributed by atoms with van der Waals surface area (Å²) < 4.78 is 3.73. The van der Waals surface area contributed by atoms with Crippen LogP contribution in [0.3, 0.4) is 0 Å².